The van der Waals surface area contributed by atoms with Crippen LogP contribution >= 0.6 is 0 Å². The number of anilines is 1. The zero-order valence-electron chi connectivity index (χ0n) is 16.0. The van der Waals surface area contributed by atoms with Crippen molar-refractivity contribution in [3.8, 4) is 0 Å². The first-order chi connectivity index (χ1) is 13.6. The number of hydrogen-bond acceptors (Lipinski definition) is 3. The lowest BCUT2D eigenvalue weighted by Gasteiger charge is -2.44. The highest BCUT2D eigenvalue weighted by Gasteiger charge is 2.29. The smallest absolute Gasteiger partial charge is 0.146 e. The summed E-state index contributed by atoms with van der Waals surface area (Å²) in [7, 11) is 0. The third-order valence-electron chi connectivity index (χ3n) is 5.95. The minimum absolute atomic E-state index is 0.160. The molecule has 2 aromatic carbocycles. The van der Waals surface area contributed by atoms with E-state index in [1.807, 2.05) is 12.1 Å². The summed E-state index contributed by atoms with van der Waals surface area (Å²) >= 11 is 0. The molecule has 2 heterocycles. The molecule has 150 valence electrons. The Morgan fingerprint density at radius 2 is 1.46 bits per heavy atom. The lowest BCUT2D eigenvalue weighted by Crippen LogP contribution is -2.55. The Labute approximate surface area is 164 Å². The number of benzene rings is 2. The molecular weight excluding hydrogens is 363 g/mol. The lowest BCUT2D eigenvalue weighted by atomic mass is 10.0. The Morgan fingerprint density at radius 1 is 0.786 bits per heavy atom. The summed E-state index contributed by atoms with van der Waals surface area (Å²) < 4.78 is 42.0. The quantitative estimate of drug-likeness (QED) is 0.786. The molecule has 2 fully saturated rings. The Morgan fingerprint density at radius 3 is 2.18 bits per heavy atom. The minimum atomic E-state index is -0.472. The van der Waals surface area contributed by atoms with Gasteiger partial charge in [0, 0.05) is 50.9 Å². The van der Waals surface area contributed by atoms with Crippen molar-refractivity contribution in [2.45, 2.75) is 25.4 Å². The van der Waals surface area contributed by atoms with Crippen molar-refractivity contribution < 1.29 is 13.2 Å². The topological polar surface area (TPSA) is 9.72 Å². The van der Waals surface area contributed by atoms with Crippen LogP contribution in [0.2, 0.25) is 0 Å². The van der Waals surface area contributed by atoms with Gasteiger partial charge in [0.15, 0.2) is 0 Å². The molecule has 0 bridgehead atoms. The van der Waals surface area contributed by atoms with E-state index in [-0.39, 0.29) is 11.4 Å². The minimum Gasteiger partial charge on any atom is -0.367 e. The van der Waals surface area contributed by atoms with Crippen LogP contribution in [0.25, 0.3) is 0 Å². The Balaban J connectivity index is 1.35. The van der Waals surface area contributed by atoms with Gasteiger partial charge in [0.2, 0.25) is 0 Å². The SMILES string of the molecule is Fc1ccccc1N1CCN(C2CCCN(Cc3c(F)cccc3F)C2)CC1. The molecular formula is C22H26F3N3. The Kier molecular flexibility index (Phi) is 5.87. The van der Waals surface area contributed by atoms with Crippen molar-refractivity contribution >= 4 is 5.69 Å². The van der Waals surface area contributed by atoms with Crippen molar-refractivity contribution in [2.24, 2.45) is 0 Å². The highest BCUT2D eigenvalue weighted by molar-refractivity contribution is 5.48. The molecule has 0 spiro atoms. The molecule has 2 aliphatic rings. The number of halogens is 3. The lowest BCUT2D eigenvalue weighted by molar-refractivity contribution is 0.0874. The molecule has 28 heavy (non-hydrogen) atoms. The molecule has 0 aromatic heterocycles. The largest absolute Gasteiger partial charge is 0.367 e. The fourth-order valence-corrected chi connectivity index (χ4v) is 4.42. The molecule has 6 heteroatoms. The van der Waals surface area contributed by atoms with Crippen LogP contribution in [0.3, 0.4) is 0 Å². The second-order valence-corrected chi connectivity index (χ2v) is 7.71. The molecule has 0 saturated carbocycles. The van der Waals surface area contributed by atoms with E-state index in [1.54, 1.807) is 6.07 Å². The van der Waals surface area contributed by atoms with Crippen molar-refractivity contribution in [3.63, 3.8) is 0 Å². The van der Waals surface area contributed by atoms with Crippen LogP contribution in [0.1, 0.15) is 18.4 Å². The van der Waals surface area contributed by atoms with E-state index in [2.05, 4.69) is 14.7 Å². The summed E-state index contributed by atoms with van der Waals surface area (Å²) in [4.78, 5) is 6.70. The first-order valence-corrected chi connectivity index (χ1v) is 10.0. The van der Waals surface area contributed by atoms with Gasteiger partial charge in [0.05, 0.1) is 5.69 Å². The number of hydrogen-bond donors (Lipinski definition) is 0. The fourth-order valence-electron chi connectivity index (χ4n) is 4.42. The summed E-state index contributed by atoms with van der Waals surface area (Å²) in [5.41, 5.74) is 0.829. The zero-order valence-corrected chi connectivity index (χ0v) is 16.0. The molecule has 0 amide bonds. The highest BCUT2D eigenvalue weighted by atomic mass is 19.1. The molecule has 0 aliphatic carbocycles. The van der Waals surface area contributed by atoms with Crippen molar-refractivity contribution in [3.05, 3.63) is 65.5 Å². The maximum atomic E-state index is 14.0. The summed E-state index contributed by atoms with van der Waals surface area (Å²) in [6, 6.07) is 11.3. The van der Waals surface area contributed by atoms with Gasteiger partial charge in [-0.05, 0) is 43.7 Å². The van der Waals surface area contributed by atoms with Gasteiger partial charge in [-0.3, -0.25) is 9.80 Å². The zero-order chi connectivity index (χ0) is 19.5. The predicted octanol–water partition coefficient (Wildman–Crippen LogP) is 3.89. The average molecular weight is 389 g/mol. The Bertz CT molecular complexity index is 785. The van der Waals surface area contributed by atoms with Crippen LogP contribution in [-0.4, -0.2) is 55.1 Å². The number of piperazine rings is 1. The third kappa shape index (κ3) is 4.18. The van der Waals surface area contributed by atoms with E-state index >= 15 is 0 Å². The van der Waals surface area contributed by atoms with Crippen LogP contribution in [-0.2, 0) is 6.54 Å². The molecule has 3 nitrogen and oxygen atoms in total. The van der Waals surface area contributed by atoms with Crippen LogP contribution in [0.15, 0.2) is 42.5 Å². The van der Waals surface area contributed by atoms with E-state index in [9.17, 15) is 13.2 Å². The van der Waals surface area contributed by atoms with Gasteiger partial charge in [-0.15, -0.1) is 0 Å². The molecule has 2 aromatic rings. The Hall–Kier alpha value is -2.05. The highest BCUT2D eigenvalue weighted by Crippen LogP contribution is 2.24. The molecule has 1 atom stereocenters. The van der Waals surface area contributed by atoms with E-state index < -0.39 is 11.6 Å². The molecule has 2 saturated heterocycles. The maximum Gasteiger partial charge on any atom is 0.146 e. The van der Waals surface area contributed by atoms with Gasteiger partial charge in [-0.25, -0.2) is 13.2 Å². The summed E-state index contributed by atoms with van der Waals surface area (Å²) in [5, 5.41) is 0. The van der Waals surface area contributed by atoms with Crippen molar-refractivity contribution in [2.75, 3.05) is 44.2 Å². The maximum absolute atomic E-state index is 14.0. The van der Waals surface area contributed by atoms with Gasteiger partial charge in [0.1, 0.15) is 17.5 Å². The van der Waals surface area contributed by atoms with Crippen LogP contribution in [0.5, 0.6) is 0 Å². The number of rotatable bonds is 4. The first-order valence-electron chi connectivity index (χ1n) is 10.0. The standard InChI is InChI=1S/C22H26F3N3/c23-19-7-3-8-20(24)18(19)16-26-10-4-5-17(15-26)27-11-13-28(14-12-27)22-9-2-1-6-21(22)25/h1-3,6-9,17H,4-5,10-16H2. The monoisotopic (exact) mass is 389 g/mol. The summed E-state index contributed by atoms with van der Waals surface area (Å²) in [6.45, 7) is 5.32. The van der Waals surface area contributed by atoms with Gasteiger partial charge in [0.25, 0.3) is 0 Å². The fraction of sp³-hybridized carbons (Fsp3) is 0.455. The normalized spacial score (nSPS) is 21.8. The number of nitrogens with zero attached hydrogens (tertiary/aromatic N) is 3. The van der Waals surface area contributed by atoms with Crippen LogP contribution < -0.4 is 4.90 Å². The van der Waals surface area contributed by atoms with Gasteiger partial charge in [-0.2, -0.15) is 0 Å². The number of piperidine rings is 1. The molecule has 1 unspecified atom stereocenters. The van der Waals surface area contributed by atoms with Crippen LogP contribution in [0, 0.1) is 17.5 Å². The molecule has 4 rings (SSSR count). The van der Waals surface area contributed by atoms with Gasteiger partial charge < -0.3 is 4.90 Å². The second-order valence-electron chi connectivity index (χ2n) is 7.71. The van der Waals surface area contributed by atoms with E-state index in [4.69, 9.17) is 0 Å². The average Bonchev–Trinajstić information content (AvgIpc) is 2.72. The predicted molar refractivity (Wildman–Crippen MR) is 105 cm³/mol. The van der Waals surface area contributed by atoms with E-state index in [0.717, 1.165) is 52.1 Å². The van der Waals surface area contributed by atoms with E-state index in [1.165, 1.54) is 24.3 Å². The third-order valence-corrected chi connectivity index (χ3v) is 5.95. The molecule has 0 radical (unpaired) electrons. The summed E-state index contributed by atoms with van der Waals surface area (Å²) in [6.07, 6.45) is 2.12. The van der Waals surface area contributed by atoms with Gasteiger partial charge >= 0.3 is 0 Å². The first kappa shape index (κ1) is 19.3. The molecule has 2 aliphatic heterocycles. The van der Waals surface area contributed by atoms with Crippen molar-refractivity contribution in [1.82, 2.24) is 9.80 Å². The molecule has 0 N–H and O–H groups in total. The number of para-hydroxylation sites is 1. The van der Waals surface area contributed by atoms with Gasteiger partial charge in [-0.1, -0.05) is 18.2 Å². The van der Waals surface area contributed by atoms with Crippen LogP contribution in [0.4, 0.5) is 18.9 Å². The van der Waals surface area contributed by atoms with E-state index in [0.29, 0.717) is 18.3 Å². The van der Waals surface area contributed by atoms with Crippen molar-refractivity contribution in [1.29, 1.82) is 0 Å². The second kappa shape index (κ2) is 8.53. The summed E-state index contributed by atoms with van der Waals surface area (Å²) in [5.74, 6) is -1.12. The number of likely N-dealkylation sites (tertiary alicyclic amines) is 1.